The van der Waals surface area contributed by atoms with E-state index in [4.69, 9.17) is 4.42 Å². The number of nitrogens with zero attached hydrogens (tertiary/aromatic N) is 4. The van der Waals surface area contributed by atoms with Crippen molar-refractivity contribution < 1.29 is 4.42 Å². The molecular weight excluding hydrogens is 829 g/mol. The summed E-state index contributed by atoms with van der Waals surface area (Å²) in [5, 5.41) is 8.68. The molecule has 0 amide bonds. The van der Waals surface area contributed by atoms with Crippen molar-refractivity contribution in [2.24, 2.45) is 0 Å². The van der Waals surface area contributed by atoms with Crippen LogP contribution in [0.15, 0.2) is 235 Å². The summed E-state index contributed by atoms with van der Waals surface area (Å²) in [5.41, 5.74) is 17.8. The molecule has 0 saturated heterocycles. The molecule has 10 aromatic rings. The number of anilines is 6. The van der Waals surface area contributed by atoms with Crippen LogP contribution >= 0.6 is 0 Å². The summed E-state index contributed by atoms with van der Waals surface area (Å²) in [7, 11) is 0. The van der Waals surface area contributed by atoms with E-state index in [9.17, 15) is 0 Å². The van der Waals surface area contributed by atoms with Gasteiger partial charge >= 0.3 is 0 Å². The van der Waals surface area contributed by atoms with Gasteiger partial charge in [0.25, 0.3) is 0 Å². The molecule has 0 radical (unpaired) electrons. The van der Waals surface area contributed by atoms with E-state index < -0.39 is 0 Å². The van der Waals surface area contributed by atoms with Crippen molar-refractivity contribution in [3.8, 4) is 45.2 Å². The molecule has 0 unspecified atom stereocenters. The van der Waals surface area contributed by atoms with E-state index in [1.165, 1.54) is 11.1 Å². The van der Waals surface area contributed by atoms with Crippen LogP contribution in [0.1, 0.15) is 43.0 Å². The number of hydrogen-bond acceptors (Lipinski definition) is 5. The van der Waals surface area contributed by atoms with Crippen molar-refractivity contribution in [3.63, 3.8) is 0 Å². The van der Waals surface area contributed by atoms with Gasteiger partial charge in [-0.25, -0.2) is 0 Å². The summed E-state index contributed by atoms with van der Waals surface area (Å²) < 4.78 is 6.09. The highest BCUT2D eigenvalue weighted by Gasteiger charge is 2.17. The third-order valence-corrected chi connectivity index (χ3v) is 12.3. The summed E-state index contributed by atoms with van der Waals surface area (Å²) in [6, 6.07) is 81.4. The molecule has 68 heavy (non-hydrogen) atoms. The zero-order valence-corrected chi connectivity index (χ0v) is 38.8. The predicted molar refractivity (Wildman–Crippen MR) is 284 cm³/mol. The largest absolute Gasteiger partial charge is 0.416 e. The van der Waals surface area contributed by atoms with E-state index in [2.05, 4.69) is 266 Å². The van der Waals surface area contributed by atoms with Gasteiger partial charge in [-0.3, -0.25) is 0 Å². The zero-order chi connectivity index (χ0) is 46.5. The van der Waals surface area contributed by atoms with Crippen molar-refractivity contribution in [2.45, 2.75) is 33.1 Å². The van der Waals surface area contributed by atoms with E-state index in [0.717, 1.165) is 78.6 Å². The molecule has 0 spiro atoms. The summed E-state index contributed by atoms with van der Waals surface area (Å²) in [4.78, 5) is 4.62. The Balaban J connectivity index is 0.832. The second-order valence-electron chi connectivity index (χ2n) is 18.1. The van der Waals surface area contributed by atoms with Gasteiger partial charge in [0.05, 0.1) is 0 Å². The van der Waals surface area contributed by atoms with Crippen LogP contribution in [-0.2, 0) is 5.41 Å². The normalized spacial score (nSPS) is 11.5. The van der Waals surface area contributed by atoms with Gasteiger partial charge in [-0.1, -0.05) is 166 Å². The molecule has 0 fully saturated rings. The fourth-order valence-corrected chi connectivity index (χ4v) is 8.54. The van der Waals surface area contributed by atoms with E-state index in [1.54, 1.807) is 0 Å². The number of aryl methyl sites for hydroxylation is 1. The third-order valence-electron chi connectivity index (χ3n) is 12.3. The van der Waals surface area contributed by atoms with Gasteiger partial charge in [0.15, 0.2) is 0 Å². The van der Waals surface area contributed by atoms with Crippen molar-refractivity contribution in [2.75, 3.05) is 9.80 Å². The van der Waals surface area contributed by atoms with Gasteiger partial charge in [0, 0.05) is 45.3 Å². The van der Waals surface area contributed by atoms with E-state index in [0.29, 0.717) is 11.8 Å². The van der Waals surface area contributed by atoms with Crippen LogP contribution in [0.25, 0.3) is 57.3 Å². The van der Waals surface area contributed by atoms with E-state index in [-0.39, 0.29) is 5.41 Å². The fraction of sp³-hybridized carbons (Fsp3) is 0.0794. The first-order chi connectivity index (χ1) is 33.2. The minimum Gasteiger partial charge on any atom is -0.416 e. The van der Waals surface area contributed by atoms with Crippen LogP contribution in [0.5, 0.6) is 0 Å². The van der Waals surface area contributed by atoms with Crippen LogP contribution in [0.4, 0.5) is 34.1 Å². The highest BCUT2D eigenvalue weighted by molar-refractivity contribution is 5.82. The Bertz CT molecular complexity index is 3280. The van der Waals surface area contributed by atoms with Crippen LogP contribution in [-0.4, -0.2) is 10.2 Å². The monoisotopic (exact) mass is 880 g/mol. The number of rotatable bonds is 12. The molecule has 1 heterocycles. The molecule has 330 valence electrons. The fourth-order valence-electron chi connectivity index (χ4n) is 8.54. The topological polar surface area (TPSA) is 45.4 Å². The highest BCUT2D eigenvalue weighted by atomic mass is 16.4. The molecule has 10 rings (SSSR count). The maximum Gasteiger partial charge on any atom is 0.248 e. The van der Waals surface area contributed by atoms with Crippen LogP contribution in [0.2, 0.25) is 0 Å². The minimum atomic E-state index is 0.0832. The van der Waals surface area contributed by atoms with Gasteiger partial charge in [0.1, 0.15) is 0 Å². The lowest BCUT2D eigenvalue weighted by Crippen LogP contribution is -2.10. The Hall–Kier alpha value is -8.54. The predicted octanol–water partition coefficient (Wildman–Crippen LogP) is 17.5. The number of para-hydroxylation sites is 2. The van der Waals surface area contributed by atoms with Gasteiger partial charge in [-0.15, -0.1) is 10.2 Å². The maximum atomic E-state index is 6.09. The Kier molecular flexibility index (Phi) is 12.2. The van der Waals surface area contributed by atoms with Crippen molar-refractivity contribution in [1.29, 1.82) is 0 Å². The molecule has 0 aliphatic carbocycles. The third kappa shape index (κ3) is 9.69. The molecule has 5 nitrogen and oxygen atoms in total. The van der Waals surface area contributed by atoms with E-state index in [1.807, 2.05) is 24.3 Å². The van der Waals surface area contributed by atoms with E-state index >= 15 is 0 Å². The standard InChI is InChI=1S/C63H52N4O/c1-45-13-11-19-59(43-45)66(55-15-7-5-8-16-55)57-39-33-50(34-40-57)51-35-41-58(42-36-51)67(56-17-9-6-10-18-56)60-20-12-14-47(44-60)22-21-46-23-25-48(26-24-46)49-27-29-52(30-28-49)61-64-65-62(68-61)53-31-37-54(38-32-53)63(2,3)4/h5-44H,1-4H3/b22-21-. The molecule has 0 N–H and O–H groups in total. The van der Waals surface area contributed by atoms with Crippen LogP contribution in [0.3, 0.4) is 0 Å². The van der Waals surface area contributed by atoms with Gasteiger partial charge < -0.3 is 14.2 Å². The van der Waals surface area contributed by atoms with Crippen molar-refractivity contribution in [1.82, 2.24) is 10.2 Å². The smallest absolute Gasteiger partial charge is 0.248 e. The Morgan fingerprint density at radius 3 is 1.22 bits per heavy atom. The van der Waals surface area contributed by atoms with Crippen molar-refractivity contribution in [3.05, 3.63) is 253 Å². The lowest BCUT2D eigenvalue weighted by molar-refractivity contribution is 0.582. The molecule has 0 aliphatic rings. The summed E-state index contributed by atoms with van der Waals surface area (Å²) in [5.74, 6) is 1.02. The second kappa shape index (κ2) is 19.1. The summed E-state index contributed by atoms with van der Waals surface area (Å²) in [6.07, 6.45) is 4.35. The number of aromatic nitrogens is 2. The maximum absolute atomic E-state index is 6.09. The molecule has 0 atom stereocenters. The van der Waals surface area contributed by atoms with Gasteiger partial charge in [0.2, 0.25) is 11.8 Å². The first-order valence-electron chi connectivity index (χ1n) is 23.1. The summed E-state index contributed by atoms with van der Waals surface area (Å²) >= 11 is 0. The number of benzene rings is 9. The average Bonchev–Trinajstić information content (AvgIpc) is 3.88. The highest BCUT2D eigenvalue weighted by Crippen LogP contribution is 2.39. The van der Waals surface area contributed by atoms with Crippen molar-refractivity contribution >= 4 is 46.3 Å². The Morgan fingerprint density at radius 2 is 0.735 bits per heavy atom. The molecular formula is C63H52N4O. The Morgan fingerprint density at radius 1 is 0.353 bits per heavy atom. The molecule has 0 bridgehead atoms. The van der Waals surface area contributed by atoms with Crippen LogP contribution < -0.4 is 9.80 Å². The SMILES string of the molecule is Cc1cccc(N(c2ccccc2)c2ccc(-c3ccc(N(c4ccccc4)c4cccc(/C=C\c5ccc(-c6ccc(-c7nnc(-c8ccc(C(C)(C)C)cc8)o7)cc6)cc5)c4)cc3)cc2)c1. The first kappa shape index (κ1) is 43.4. The summed E-state index contributed by atoms with van der Waals surface area (Å²) in [6.45, 7) is 8.76. The second-order valence-corrected chi connectivity index (χ2v) is 18.1. The molecule has 0 saturated carbocycles. The lowest BCUT2D eigenvalue weighted by atomic mass is 9.87. The molecule has 9 aromatic carbocycles. The molecule has 0 aliphatic heterocycles. The average molecular weight is 881 g/mol. The first-order valence-corrected chi connectivity index (χ1v) is 23.1. The Labute approximate surface area is 400 Å². The van der Waals surface area contributed by atoms with Gasteiger partial charge in [-0.2, -0.15) is 0 Å². The van der Waals surface area contributed by atoms with Crippen LogP contribution in [0, 0.1) is 6.92 Å². The quantitative estimate of drug-likeness (QED) is 0.114. The zero-order valence-electron chi connectivity index (χ0n) is 38.8. The lowest BCUT2D eigenvalue weighted by Gasteiger charge is -2.26. The molecule has 1 aromatic heterocycles. The minimum absolute atomic E-state index is 0.0832. The molecule has 5 heteroatoms. The number of hydrogen-bond donors (Lipinski definition) is 0. The van der Waals surface area contributed by atoms with Gasteiger partial charge in [-0.05, 0) is 154 Å².